The molecule has 16 heavy (non-hydrogen) atoms. The molecule has 0 saturated heterocycles. The lowest BCUT2D eigenvalue weighted by atomic mass is 10.1. The normalized spacial score (nSPS) is 11.8. The number of aromatic hydroxyl groups is 2. The van der Waals surface area contributed by atoms with Crippen molar-refractivity contribution in [1.82, 2.24) is 5.32 Å². The average molecular weight is 224 g/mol. The number of hydrogen-bond acceptors (Lipinski definition) is 4. The zero-order valence-electron chi connectivity index (χ0n) is 8.60. The molecule has 1 atom stereocenters. The summed E-state index contributed by atoms with van der Waals surface area (Å²) in [5.74, 6) is -1.86. The maximum atomic E-state index is 11.1. The fourth-order valence-corrected chi connectivity index (χ4v) is 1.24. The van der Waals surface area contributed by atoms with Gasteiger partial charge in [-0.2, -0.15) is 0 Å². The van der Waals surface area contributed by atoms with Crippen molar-refractivity contribution in [1.29, 1.82) is 0 Å². The van der Waals surface area contributed by atoms with Gasteiger partial charge in [-0.25, -0.2) is 0 Å². The fraction of sp³-hybridized carbons (Fsp3) is 0.200. The highest BCUT2D eigenvalue weighted by atomic mass is 16.3. The molecule has 0 aromatic heterocycles. The molecule has 86 valence electrons. The minimum atomic E-state index is -1.02. The molecule has 0 saturated carbocycles. The van der Waals surface area contributed by atoms with E-state index in [2.05, 4.69) is 5.32 Å². The van der Waals surface area contributed by atoms with Crippen LogP contribution in [0.5, 0.6) is 11.5 Å². The predicted octanol–water partition coefficient (Wildman–Crippen LogP) is -0.240. The average Bonchev–Trinajstić information content (AvgIpc) is 2.18. The van der Waals surface area contributed by atoms with Crippen LogP contribution in [0, 0.1) is 0 Å². The predicted molar refractivity (Wildman–Crippen MR) is 55.5 cm³/mol. The van der Waals surface area contributed by atoms with E-state index in [1.165, 1.54) is 25.1 Å². The molecule has 0 fully saturated rings. The summed E-state index contributed by atoms with van der Waals surface area (Å²) in [6.07, 6.45) is 0. The van der Waals surface area contributed by atoms with Crippen molar-refractivity contribution in [2.45, 2.75) is 13.0 Å². The van der Waals surface area contributed by atoms with Gasteiger partial charge in [-0.15, -0.1) is 0 Å². The lowest BCUT2D eigenvalue weighted by Gasteiger charge is -2.14. The van der Waals surface area contributed by atoms with Crippen LogP contribution >= 0.6 is 0 Å². The van der Waals surface area contributed by atoms with Crippen LogP contribution in [0.15, 0.2) is 18.2 Å². The van der Waals surface area contributed by atoms with Crippen LogP contribution in [-0.4, -0.2) is 22.0 Å². The first kappa shape index (κ1) is 11.8. The first-order valence-electron chi connectivity index (χ1n) is 4.50. The number of carbonyl (C=O) groups is 2. The molecule has 0 aliphatic heterocycles. The maximum absolute atomic E-state index is 11.1. The van der Waals surface area contributed by atoms with Crippen LogP contribution < -0.4 is 11.1 Å². The Morgan fingerprint density at radius 1 is 1.31 bits per heavy atom. The molecule has 0 bridgehead atoms. The van der Waals surface area contributed by atoms with E-state index in [9.17, 15) is 14.7 Å². The summed E-state index contributed by atoms with van der Waals surface area (Å²) in [7, 11) is 0. The zero-order chi connectivity index (χ0) is 12.3. The monoisotopic (exact) mass is 224 g/mol. The molecule has 0 spiro atoms. The van der Waals surface area contributed by atoms with Gasteiger partial charge in [0.1, 0.15) is 6.04 Å². The SMILES string of the molecule is CC(=O)N[C@H](C(N)=O)c1ccc(O)c(O)c1. The number of phenols is 2. The molecule has 6 heteroatoms. The van der Waals surface area contributed by atoms with Crippen LogP contribution in [-0.2, 0) is 9.59 Å². The van der Waals surface area contributed by atoms with Gasteiger partial charge in [0.15, 0.2) is 11.5 Å². The van der Waals surface area contributed by atoms with Crippen LogP contribution in [0.1, 0.15) is 18.5 Å². The molecule has 0 aliphatic rings. The molecule has 0 heterocycles. The van der Waals surface area contributed by atoms with Crippen molar-refractivity contribution in [2.24, 2.45) is 5.73 Å². The number of primary amides is 1. The Labute approximate surface area is 91.7 Å². The number of hydrogen-bond donors (Lipinski definition) is 4. The van der Waals surface area contributed by atoms with Crippen molar-refractivity contribution in [2.75, 3.05) is 0 Å². The van der Waals surface area contributed by atoms with Crippen molar-refractivity contribution in [3.05, 3.63) is 23.8 Å². The van der Waals surface area contributed by atoms with Gasteiger partial charge in [0.25, 0.3) is 0 Å². The number of phenolic OH excluding ortho intramolecular Hbond substituents is 2. The highest BCUT2D eigenvalue weighted by Crippen LogP contribution is 2.27. The highest BCUT2D eigenvalue weighted by Gasteiger charge is 2.19. The Balaban J connectivity index is 3.06. The first-order valence-corrected chi connectivity index (χ1v) is 4.50. The number of benzene rings is 1. The minimum absolute atomic E-state index is 0.304. The Morgan fingerprint density at radius 3 is 2.38 bits per heavy atom. The molecule has 6 nitrogen and oxygen atoms in total. The van der Waals surface area contributed by atoms with E-state index in [1.54, 1.807) is 0 Å². The van der Waals surface area contributed by atoms with Crippen LogP contribution in [0.25, 0.3) is 0 Å². The van der Waals surface area contributed by atoms with Crippen molar-refractivity contribution in [3.63, 3.8) is 0 Å². The standard InChI is InChI=1S/C10H12N2O4/c1-5(13)12-9(10(11)16)6-2-3-7(14)8(15)4-6/h2-4,9,14-15H,1H3,(H2,11,16)(H,12,13)/t9-/m0/s1. The summed E-state index contributed by atoms with van der Waals surface area (Å²) in [6.45, 7) is 1.25. The smallest absolute Gasteiger partial charge is 0.244 e. The number of rotatable bonds is 3. The lowest BCUT2D eigenvalue weighted by Crippen LogP contribution is -2.36. The molecule has 1 aromatic carbocycles. The van der Waals surface area contributed by atoms with E-state index in [1.807, 2.05) is 0 Å². The van der Waals surface area contributed by atoms with E-state index in [0.29, 0.717) is 5.56 Å². The van der Waals surface area contributed by atoms with E-state index in [4.69, 9.17) is 10.8 Å². The highest BCUT2D eigenvalue weighted by molar-refractivity contribution is 5.86. The van der Waals surface area contributed by atoms with E-state index in [0.717, 1.165) is 0 Å². The molecule has 0 aliphatic carbocycles. The van der Waals surface area contributed by atoms with Gasteiger partial charge in [0.2, 0.25) is 11.8 Å². The summed E-state index contributed by atoms with van der Waals surface area (Å²) < 4.78 is 0. The molecule has 2 amide bonds. The number of carbonyl (C=O) groups excluding carboxylic acids is 2. The first-order chi connectivity index (χ1) is 7.41. The van der Waals surface area contributed by atoms with Crippen LogP contribution in [0.2, 0.25) is 0 Å². The van der Waals surface area contributed by atoms with Gasteiger partial charge in [0.05, 0.1) is 0 Å². The lowest BCUT2D eigenvalue weighted by molar-refractivity contribution is -0.126. The summed E-state index contributed by atoms with van der Waals surface area (Å²) >= 11 is 0. The number of amides is 2. The number of nitrogens with one attached hydrogen (secondary N) is 1. The van der Waals surface area contributed by atoms with E-state index in [-0.39, 0.29) is 11.5 Å². The van der Waals surface area contributed by atoms with Gasteiger partial charge < -0.3 is 21.3 Å². The zero-order valence-corrected chi connectivity index (χ0v) is 8.60. The summed E-state index contributed by atoms with van der Waals surface area (Å²) in [5, 5.41) is 20.7. The summed E-state index contributed by atoms with van der Waals surface area (Å²) in [6, 6.07) is 2.74. The second kappa shape index (κ2) is 4.52. The van der Waals surface area contributed by atoms with Crippen molar-refractivity contribution >= 4 is 11.8 Å². The molecule has 0 unspecified atom stereocenters. The maximum Gasteiger partial charge on any atom is 0.244 e. The second-order valence-electron chi connectivity index (χ2n) is 3.28. The van der Waals surface area contributed by atoms with Gasteiger partial charge in [-0.1, -0.05) is 6.07 Å². The molecular weight excluding hydrogens is 212 g/mol. The quantitative estimate of drug-likeness (QED) is 0.530. The van der Waals surface area contributed by atoms with E-state index >= 15 is 0 Å². The van der Waals surface area contributed by atoms with Gasteiger partial charge >= 0.3 is 0 Å². The van der Waals surface area contributed by atoms with Crippen LogP contribution in [0.3, 0.4) is 0 Å². The Bertz CT molecular complexity index is 431. The van der Waals surface area contributed by atoms with Crippen molar-refractivity contribution in [3.8, 4) is 11.5 Å². The minimum Gasteiger partial charge on any atom is -0.504 e. The third kappa shape index (κ3) is 2.63. The molecular formula is C10H12N2O4. The molecule has 0 radical (unpaired) electrons. The van der Waals surface area contributed by atoms with Gasteiger partial charge in [-0.05, 0) is 17.7 Å². The molecule has 1 aromatic rings. The second-order valence-corrected chi connectivity index (χ2v) is 3.28. The molecule has 1 rings (SSSR count). The van der Waals surface area contributed by atoms with E-state index < -0.39 is 17.9 Å². The Hall–Kier alpha value is -2.24. The largest absolute Gasteiger partial charge is 0.504 e. The molecule has 5 N–H and O–H groups in total. The Kier molecular flexibility index (Phi) is 3.34. The van der Waals surface area contributed by atoms with Crippen LogP contribution in [0.4, 0.5) is 0 Å². The number of nitrogens with two attached hydrogens (primary N) is 1. The third-order valence-corrected chi connectivity index (χ3v) is 1.96. The Morgan fingerprint density at radius 2 is 1.94 bits per heavy atom. The van der Waals surface area contributed by atoms with Crippen molar-refractivity contribution < 1.29 is 19.8 Å². The summed E-state index contributed by atoms with van der Waals surface area (Å²) in [4.78, 5) is 21.9. The third-order valence-electron chi connectivity index (χ3n) is 1.96. The fourth-order valence-electron chi connectivity index (χ4n) is 1.24. The van der Waals surface area contributed by atoms with Gasteiger partial charge in [-0.3, -0.25) is 9.59 Å². The topological polar surface area (TPSA) is 113 Å². The summed E-state index contributed by atoms with van der Waals surface area (Å²) in [5.41, 5.74) is 5.41. The van der Waals surface area contributed by atoms with Gasteiger partial charge in [0, 0.05) is 6.92 Å².